The van der Waals surface area contributed by atoms with Gasteiger partial charge in [0.1, 0.15) is 5.15 Å². The number of aromatic nitrogens is 1. The van der Waals surface area contributed by atoms with E-state index in [9.17, 15) is 10.1 Å². The molecule has 0 amide bonds. The Morgan fingerprint density at radius 2 is 2.25 bits per heavy atom. The van der Waals surface area contributed by atoms with E-state index in [0.717, 1.165) is 19.3 Å². The fraction of sp³-hybridized carbons (Fsp3) is 0.500. The number of hydrogen-bond acceptors (Lipinski definition) is 4. The van der Waals surface area contributed by atoms with Gasteiger partial charge in [-0.3, -0.25) is 10.1 Å². The number of halogens is 1. The van der Waals surface area contributed by atoms with Crippen molar-refractivity contribution in [1.82, 2.24) is 4.98 Å². The van der Waals surface area contributed by atoms with Crippen LogP contribution in [0.25, 0.3) is 0 Å². The van der Waals surface area contributed by atoms with Crippen LogP contribution in [0.1, 0.15) is 26.2 Å². The van der Waals surface area contributed by atoms with E-state index in [0.29, 0.717) is 6.61 Å². The van der Waals surface area contributed by atoms with Crippen LogP contribution in [0.15, 0.2) is 12.1 Å². The van der Waals surface area contributed by atoms with Gasteiger partial charge in [0.05, 0.1) is 23.7 Å². The molecule has 0 saturated heterocycles. The Morgan fingerprint density at radius 3 is 2.88 bits per heavy atom. The summed E-state index contributed by atoms with van der Waals surface area (Å²) in [4.78, 5) is 13.9. The molecule has 0 saturated carbocycles. The molecule has 16 heavy (non-hydrogen) atoms. The molecule has 6 heteroatoms. The van der Waals surface area contributed by atoms with E-state index in [1.807, 2.05) is 0 Å². The molecule has 0 fully saturated rings. The Balaban J connectivity index is 2.62. The molecule has 88 valence electrons. The summed E-state index contributed by atoms with van der Waals surface area (Å²) in [5.74, 6) is 0.204. The van der Waals surface area contributed by atoms with Gasteiger partial charge in [-0.1, -0.05) is 31.4 Å². The van der Waals surface area contributed by atoms with Gasteiger partial charge in [0.25, 0.3) is 5.69 Å². The minimum Gasteiger partial charge on any atom is -0.477 e. The molecule has 5 nitrogen and oxygen atoms in total. The lowest BCUT2D eigenvalue weighted by molar-refractivity contribution is -0.385. The first kappa shape index (κ1) is 12.7. The Morgan fingerprint density at radius 1 is 1.50 bits per heavy atom. The molecular weight excluding hydrogens is 232 g/mol. The van der Waals surface area contributed by atoms with E-state index in [1.54, 1.807) is 0 Å². The van der Waals surface area contributed by atoms with E-state index in [2.05, 4.69) is 11.9 Å². The second-order valence-corrected chi connectivity index (χ2v) is 3.69. The fourth-order valence-corrected chi connectivity index (χ4v) is 1.36. The van der Waals surface area contributed by atoms with Crippen LogP contribution in [-0.2, 0) is 0 Å². The SMILES string of the molecule is CCCCCOc1cc([N+](=O)[O-])cc(Cl)n1. The van der Waals surface area contributed by atoms with Crippen LogP contribution in [0.2, 0.25) is 5.15 Å². The van der Waals surface area contributed by atoms with Crippen LogP contribution in [-0.4, -0.2) is 16.5 Å². The maximum atomic E-state index is 10.5. The molecule has 0 atom stereocenters. The summed E-state index contributed by atoms with van der Waals surface area (Å²) in [6, 6.07) is 2.47. The summed E-state index contributed by atoms with van der Waals surface area (Å²) in [5, 5.41) is 10.6. The van der Waals surface area contributed by atoms with Gasteiger partial charge in [0, 0.05) is 0 Å². The molecule has 1 heterocycles. The number of rotatable bonds is 6. The predicted octanol–water partition coefficient (Wildman–Crippen LogP) is 3.21. The quantitative estimate of drug-likeness (QED) is 0.334. The third-order valence-corrected chi connectivity index (χ3v) is 2.16. The first-order valence-corrected chi connectivity index (χ1v) is 5.46. The zero-order valence-corrected chi connectivity index (χ0v) is 9.74. The van der Waals surface area contributed by atoms with Crippen molar-refractivity contribution in [3.05, 3.63) is 27.4 Å². The summed E-state index contributed by atoms with van der Waals surface area (Å²) < 4.78 is 5.28. The molecule has 0 N–H and O–H groups in total. The van der Waals surface area contributed by atoms with Crippen molar-refractivity contribution >= 4 is 17.3 Å². The zero-order chi connectivity index (χ0) is 12.0. The maximum Gasteiger partial charge on any atom is 0.277 e. The van der Waals surface area contributed by atoms with Gasteiger partial charge < -0.3 is 4.74 Å². The summed E-state index contributed by atoms with van der Waals surface area (Å²) in [5.41, 5.74) is -0.106. The Hall–Kier alpha value is -1.36. The van der Waals surface area contributed by atoms with Crippen LogP contribution in [0.4, 0.5) is 5.69 Å². The number of hydrogen-bond donors (Lipinski definition) is 0. The summed E-state index contributed by atoms with van der Waals surface area (Å²) in [6.45, 7) is 2.58. The molecule has 0 radical (unpaired) electrons. The van der Waals surface area contributed by atoms with Gasteiger partial charge in [0.2, 0.25) is 5.88 Å². The Kier molecular flexibility index (Phi) is 4.98. The summed E-state index contributed by atoms with van der Waals surface area (Å²) in [6.07, 6.45) is 3.05. The van der Waals surface area contributed by atoms with Crippen LogP contribution >= 0.6 is 11.6 Å². The number of unbranched alkanes of at least 4 members (excludes halogenated alkanes) is 2. The smallest absolute Gasteiger partial charge is 0.277 e. The van der Waals surface area contributed by atoms with Gasteiger partial charge in [-0.2, -0.15) is 0 Å². The molecule has 1 aromatic heterocycles. The van der Waals surface area contributed by atoms with Gasteiger partial charge in [0.15, 0.2) is 0 Å². The first-order chi connectivity index (χ1) is 7.63. The van der Waals surface area contributed by atoms with Gasteiger partial charge in [-0.05, 0) is 6.42 Å². The molecule has 1 aromatic rings. The maximum absolute atomic E-state index is 10.5. The highest BCUT2D eigenvalue weighted by atomic mass is 35.5. The van der Waals surface area contributed by atoms with E-state index in [4.69, 9.17) is 16.3 Å². The van der Waals surface area contributed by atoms with Crippen LogP contribution in [0.3, 0.4) is 0 Å². The van der Waals surface area contributed by atoms with Crippen molar-refractivity contribution in [2.24, 2.45) is 0 Å². The third-order valence-electron chi connectivity index (χ3n) is 1.96. The van der Waals surface area contributed by atoms with E-state index in [1.165, 1.54) is 12.1 Å². The second kappa shape index (κ2) is 6.27. The molecule has 0 aliphatic carbocycles. The summed E-state index contributed by atoms with van der Waals surface area (Å²) >= 11 is 5.64. The Bertz CT molecular complexity index is 371. The van der Waals surface area contributed by atoms with Crippen molar-refractivity contribution in [1.29, 1.82) is 0 Å². The molecule has 0 aliphatic heterocycles. The fourth-order valence-electron chi connectivity index (χ4n) is 1.17. The van der Waals surface area contributed by atoms with Crippen LogP contribution in [0, 0.1) is 10.1 Å². The van der Waals surface area contributed by atoms with Crippen molar-refractivity contribution < 1.29 is 9.66 Å². The van der Waals surface area contributed by atoms with Crippen molar-refractivity contribution in [3.8, 4) is 5.88 Å². The molecule has 0 aromatic carbocycles. The number of nitro groups is 1. The van der Waals surface area contributed by atoms with Gasteiger partial charge in [-0.25, -0.2) is 4.98 Å². The van der Waals surface area contributed by atoms with Crippen LogP contribution < -0.4 is 4.74 Å². The normalized spacial score (nSPS) is 10.1. The number of pyridine rings is 1. The minimum atomic E-state index is -0.521. The lowest BCUT2D eigenvalue weighted by Crippen LogP contribution is -2.00. The highest BCUT2D eigenvalue weighted by Gasteiger charge is 2.10. The molecular formula is C10H13ClN2O3. The molecule has 1 rings (SSSR count). The van der Waals surface area contributed by atoms with E-state index < -0.39 is 4.92 Å². The number of nitrogens with zero attached hydrogens (tertiary/aromatic N) is 2. The molecule has 0 bridgehead atoms. The standard InChI is InChI=1S/C10H13ClN2O3/c1-2-3-4-5-16-10-7-8(13(14)15)6-9(11)12-10/h6-7H,2-5H2,1H3. The summed E-state index contributed by atoms with van der Waals surface area (Å²) in [7, 11) is 0. The largest absolute Gasteiger partial charge is 0.477 e. The van der Waals surface area contributed by atoms with Gasteiger partial charge in [-0.15, -0.1) is 0 Å². The van der Waals surface area contributed by atoms with Gasteiger partial charge >= 0.3 is 0 Å². The first-order valence-electron chi connectivity index (χ1n) is 5.08. The lowest BCUT2D eigenvalue weighted by atomic mass is 10.3. The van der Waals surface area contributed by atoms with E-state index in [-0.39, 0.29) is 16.7 Å². The minimum absolute atomic E-state index is 0.0692. The zero-order valence-electron chi connectivity index (χ0n) is 8.98. The number of ether oxygens (including phenoxy) is 1. The average molecular weight is 245 g/mol. The van der Waals surface area contributed by atoms with E-state index >= 15 is 0 Å². The highest BCUT2D eigenvalue weighted by Crippen LogP contribution is 2.22. The lowest BCUT2D eigenvalue weighted by Gasteiger charge is -2.04. The molecule has 0 aliphatic rings. The van der Waals surface area contributed by atoms with Crippen molar-refractivity contribution in [2.45, 2.75) is 26.2 Å². The Labute approximate surface area is 98.5 Å². The topological polar surface area (TPSA) is 65.3 Å². The molecule has 0 unspecified atom stereocenters. The molecule has 0 spiro atoms. The van der Waals surface area contributed by atoms with Crippen molar-refractivity contribution in [2.75, 3.05) is 6.61 Å². The second-order valence-electron chi connectivity index (χ2n) is 3.30. The van der Waals surface area contributed by atoms with Crippen LogP contribution in [0.5, 0.6) is 5.88 Å². The van der Waals surface area contributed by atoms with Crippen molar-refractivity contribution in [3.63, 3.8) is 0 Å². The average Bonchev–Trinajstić information content (AvgIpc) is 2.23. The third kappa shape index (κ3) is 4.02. The highest BCUT2D eigenvalue weighted by molar-refractivity contribution is 6.29. The predicted molar refractivity (Wildman–Crippen MR) is 60.9 cm³/mol. The monoisotopic (exact) mass is 244 g/mol.